The molecular weight excluding hydrogens is 226 g/mol. The van der Waals surface area contributed by atoms with Gasteiger partial charge in [-0.3, -0.25) is 0 Å². The minimum absolute atomic E-state index is 0.0412. The SMILES string of the molecule is CCCCNC(=O)N(CCC)C(CC)(CC)CN. The maximum absolute atomic E-state index is 12.3. The smallest absolute Gasteiger partial charge is 0.317 e. The molecule has 0 heterocycles. The van der Waals surface area contributed by atoms with Gasteiger partial charge in [-0.1, -0.05) is 34.1 Å². The molecule has 0 bridgehead atoms. The van der Waals surface area contributed by atoms with Crippen LogP contribution in [0.2, 0.25) is 0 Å². The van der Waals surface area contributed by atoms with E-state index < -0.39 is 0 Å². The summed E-state index contributed by atoms with van der Waals surface area (Å²) in [5.74, 6) is 0. The molecule has 0 aliphatic carbocycles. The van der Waals surface area contributed by atoms with E-state index in [2.05, 4.69) is 33.0 Å². The van der Waals surface area contributed by atoms with Gasteiger partial charge in [0, 0.05) is 19.6 Å². The van der Waals surface area contributed by atoms with Crippen molar-refractivity contribution >= 4 is 6.03 Å². The van der Waals surface area contributed by atoms with E-state index in [-0.39, 0.29) is 11.6 Å². The second-order valence-corrected chi connectivity index (χ2v) is 4.87. The van der Waals surface area contributed by atoms with Crippen molar-refractivity contribution in [3.05, 3.63) is 0 Å². The number of urea groups is 1. The summed E-state index contributed by atoms with van der Waals surface area (Å²) < 4.78 is 0. The lowest BCUT2D eigenvalue weighted by Crippen LogP contribution is -2.58. The van der Waals surface area contributed by atoms with Crippen molar-refractivity contribution < 1.29 is 4.79 Å². The molecular formula is C14H31N3O. The number of hydrogen-bond donors (Lipinski definition) is 2. The Morgan fingerprint density at radius 3 is 2.17 bits per heavy atom. The van der Waals surface area contributed by atoms with Crippen LogP contribution >= 0.6 is 0 Å². The van der Waals surface area contributed by atoms with Crippen LogP contribution in [0.3, 0.4) is 0 Å². The number of carbonyl (C=O) groups is 1. The van der Waals surface area contributed by atoms with Crippen LogP contribution in [0.1, 0.15) is 59.8 Å². The van der Waals surface area contributed by atoms with Crippen molar-refractivity contribution in [1.82, 2.24) is 10.2 Å². The van der Waals surface area contributed by atoms with Crippen LogP contribution in [0.4, 0.5) is 4.79 Å². The van der Waals surface area contributed by atoms with Gasteiger partial charge in [0.05, 0.1) is 5.54 Å². The van der Waals surface area contributed by atoms with Gasteiger partial charge in [-0.25, -0.2) is 4.79 Å². The first-order valence-corrected chi connectivity index (χ1v) is 7.37. The minimum Gasteiger partial charge on any atom is -0.338 e. The number of hydrogen-bond acceptors (Lipinski definition) is 2. The standard InChI is InChI=1S/C14H31N3O/c1-5-9-10-16-13(18)17(11-6-2)14(7-3,8-4)12-15/h5-12,15H2,1-4H3,(H,16,18). The molecule has 18 heavy (non-hydrogen) atoms. The van der Waals surface area contributed by atoms with Crippen molar-refractivity contribution in [3.63, 3.8) is 0 Å². The molecule has 0 fully saturated rings. The van der Waals surface area contributed by atoms with Crippen LogP contribution in [0.5, 0.6) is 0 Å². The number of nitrogens with two attached hydrogens (primary N) is 1. The average Bonchev–Trinajstić information content (AvgIpc) is 2.40. The van der Waals surface area contributed by atoms with Crippen molar-refractivity contribution in [2.24, 2.45) is 5.73 Å². The molecule has 0 unspecified atom stereocenters. The number of rotatable bonds is 9. The van der Waals surface area contributed by atoms with Gasteiger partial charge in [-0.15, -0.1) is 0 Å². The number of amides is 2. The largest absolute Gasteiger partial charge is 0.338 e. The van der Waals surface area contributed by atoms with E-state index in [9.17, 15) is 4.79 Å². The monoisotopic (exact) mass is 257 g/mol. The molecule has 0 radical (unpaired) electrons. The van der Waals surface area contributed by atoms with E-state index in [1.807, 2.05) is 4.90 Å². The minimum atomic E-state index is -0.188. The number of carbonyl (C=O) groups excluding carboxylic acids is 1. The van der Waals surface area contributed by atoms with Gasteiger partial charge in [0.15, 0.2) is 0 Å². The molecule has 0 rings (SSSR count). The van der Waals surface area contributed by atoms with Crippen molar-refractivity contribution in [3.8, 4) is 0 Å². The Labute approximate surface area is 112 Å². The Morgan fingerprint density at radius 1 is 1.17 bits per heavy atom. The van der Waals surface area contributed by atoms with Crippen molar-refractivity contribution in [1.29, 1.82) is 0 Å². The van der Waals surface area contributed by atoms with Gasteiger partial charge in [0.25, 0.3) is 0 Å². The number of nitrogens with one attached hydrogen (secondary N) is 1. The van der Waals surface area contributed by atoms with Gasteiger partial charge in [-0.05, 0) is 25.7 Å². The topological polar surface area (TPSA) is 58.4 Å². The van der Waals surface area contributed by atoms with Crippen molar-refractivity contribution in [2.45, 2.75) is 65.3 Å². The molecule has 4 heteroatoms. The lowest BCUT2D eigenvalue weighted by atomic mass is 9.90. The molecule has 2 amide bonds. The summed E-state index contributed by atoms with van der Waals surface area (Å²) in [4.78, 5) is 14.2. The van der Waals surface area contributed by atoms with E-state index in [0.29, 0.717) is 6.54 Å². The lowest BCUT2D eigenvalue weighted by Gasteiger charge is -2.42. The molecule has 108 valence electrons. The molecule has 0 aromatic rings. The van der Waals surface area contributed by atoms with E-state index >= 15 is 0 Å². The maximum atomic E-state index is 12.3. The van der Waals surface area contributed by atoms with Gasteiger partial charge in [0.1, 0.15) is 0 Å². The highest BCUT2D eigenvalue weighted by Crippen LogP contribution is 2.23. The molecule has 0 aliphatic heterocycles. The van der Waals surface area contributed by atoms with Crippen LogP contribution in [-0.2, 0) is 0 Å². The fourth-order valence-electron chi connectivity index (χ4n) is 2.28. The van der Waals surface area contributed by atoms with Gasteiger partial charge >= 0.3 is 6.03 Å². The maximum Gasteiger partial charge on any atom is 0.317 e. The summed E-state index contributed by atoms with van der Waals surface area (Å²) in [6.45, 7) is 10.5. The quantitative estimate of drug-likeness (QED) is 0.624. The molecule has 0 aliphatic rings. The predicted octanol–water partition coefficient (Wildman–Crippen LogP) is 2.73. The third-order valence-corrected chi connectivity index (χ3v) is 3.77. The Bertz CT molecular complexity index is 219. The summed E-state index contributed by atoms with van der Waals surface area (Å²) in [6, 6.07) is 0.0412. The fraction of sp³-hybridized carbons (Fsp3) is 0.929. The zero-order valence-electron chi connectivity index (χ0n) is 12.6. The molecule has 0 aromatic heterocycles. The van der Waals surface area contributed by atoms with Crippen molar-refractivity contribution in [2.75, 3.05) is 19.6 Å². The first-order chi connectivity index (χ1) is 8.61. The Balaban J connectivity index is 4.74. The van der Waals surface area contributed by atoms with Gasteiger partial charge < -0.3 is 16.0 Å². The highest BCUT2D eigenvalue weighted by atomic mass is 16.2. The molecule has 0 saturated carbocycles. The highest BCUT2D eigenvalue weighted by Gasteiger charge is 2.34. The first kappa shape index (κ1) is 17.2. The van der Waals surface area contributed by atoms with Crippen LogP contribution in [0.15, 0.2) is 0 Å². The summed E-state index contributed by atoms with van der Waals surface area (Å²) in [7, 11) is 0. The second kappa shape index (κ2) is 9.20. The van der Waals surface area contributed by atoms with Crippen LogP contribution in [0, 0.1) is 0 Å². The molecule has 0 aromatic carbocycles. The summed E-state index contributed by atoms with van der Waals surface area (Å²) in [5.41, 5.74) is 5.74. The number of unbranched alkanes of at least 4 members (excludes halogenated alkanes) is 1. The zero-order chi connectivity index (χ0) is 14.0. The number of nitrogens with zero attached hydrogens (tertiary/aromatic N) is 1. The summed E-state index contributed by atoms with van der Waals surface area (Å²) in [6.07, 6.45) is 4.89. The normalized spacial score (nSPS) is 11.4. The Morgan fingerprint density at radius 2 is 1.78 bits per heavy atom. The van der Waals surface area contributed by atoms with Crippen LogP contribution in [0.25, 0.3) is 0 Å². The van der Waals surface area contributed by atoms with Crippen LogP contribution < -0.4 is 11.1 Å². The fourth-order valence-corrected chi connectivity index (χ4v) is 2.28. The third-order valence-electron chi connectivity index (χ3n) is 3.77. The molecule has 4 nitrogen and oxygen atoms in total. The average molecular weight is 257 g/mol. The third kappa shape index (κ3) is 4.48. The van der Waals surface area contributed by atoms with Gasteiger partial charge in [-0.2, -0.15) is 0 Å². The molecule has 0 spiro atoms. The highest BCUT2D eigenvalue weighted by molar-refractivity contribution is 5.75. The van der Waals surface area contributed by atoms with Gasteiger partial charge in [0.2, 0.25) is 0 Å². The predicted molar refractivity (Wildman–Crippen MR) is 77.7 cm³/mol. The summed E-state index contributed by atoms with van der Waals surface area (Å²) in [5, 5.41) is 3.01. The summed E-state index contributed by atoms with van der Waals surface area (Å²) >= 11 is 0. The van der Waals surface area contributed by atoms with Crippen LogP contribution in [-0.4, -0.2) is 36.1 Å². The van der Waals surface area contributed by atoms with E-state index in [1.54, 1.807) is 0 Å². The Kier molecular flexibility index (Phi) is 8.81. The molecule has 3 N–H and O–H groups in total. The molecule has 0 atom stereocenters. The lowest BCUT2D eigenvalue weighted by molar-refractivity contribution is 0.108. The van der Waals surface area contributed by atoms with E-state index in [0.717, 1.165) is 45.2 Å². The second-order valence-electron chi connectivity index (χ2n) is 4.87. The molecule has 0 saturated heterocycles. The Hall–Kier alpha value is -0.770. The first-order valence-electron chi connectivity index (χ1n) is 7.37. The van der Waals surface area contributed by atoms with E-state index in [1.165, 1.54) is 0 Å². The van der Waals surface area contributed by atoms with E-state index in [4.69, 9.17) is 5.73 Å². The zero-order valence-corrected chi connectivity index (χ0v) is 12.6.